The molecular weight excluding hydrogens is 249 g/mol. The van der Waals surface area contributed by atoms with E-state index < -0.39 is 24.6 Å². The number of likely N-dealkylation sites (tertiary alicyclic amines) is 1. The van der Waals surface area contributed by atoms with Crippen molar-refractivity contribution >= 4 is 5.91 Å². The third-order valence-electron chi connectivity index (χ3n) is 2.97. The Hall–Kier alpha value is -1.26. The maximum Gasteiger partial charge on any atom is 0.417 e. The van der Waals surface area contributed by atoms with Crippen molar-refractivity contribution in [3.8, 4) is 12.3 Å². The standard InChI is InChI=1S/C11H15F3N2O2/c1-2-5-15-8-9(17)16-6-3-10(18,4-7-16)11(12,13)14/h1,15,18H,3-8H2. The zero-order chi connectivity index (χ0) is 13.8. The number of alkyl halides is 3. The van der Waals surface area contributed by atoms with E-state index >= 15 is 0 Å². The molecule has 1 rings (SSSR count). The van der Waals surface area contributed by atoms with E-state index in [1.165, 1.54) is 4.90 Å². The molecule has 1 saturated heterocycles. The third-order valence-corrected chi connectivity index (χ3v) is 2.97. The summed E-state index contributed by atoms with van der Waals surface area (Å²) in [6.45, 7) is 0.0138. The number of nitrogens with one attached hydrogen (secondary N) is 1. The summed E-state index contributed by atoms with van der Waals surface area (Å²) in [7, 11) is 0. The van der Waals surface area contributed by atoms with E-state index in [1.54, 1.807) is 0 Å². The monoisotopic (exact) mass is 264 g/mol. The molecule has 1 fully saturated rings. The smallest absolute Gasteiger partial charge is 0.380 e. The molecule has 102 valence electrons. The van der Waals surface area contributed by atoms with Gasteiger partial charge in [0.25, 0.3) is 0 Å². The van der Waals surface area contributed by atoms with Crippen molar-refractivity contribution in [2.75, 3.05) is 26.2 Å². The van der Waals surface area contributed by atoms with Gasteiger partial charge in [0.2, 0.25) is 5.91 Å². The number of carbonyl (C=O) groups is 1. The van der Waals surface area contributed by atoms with Crippen LogP contribution < -0.4 is 5.32 Å². The topological polar surface area (TPSA) is 52.6 Å². The molecule has 0 radical (unpaired) electrons. The molecule has 0 aromatic rings. The highest BCUT2D eigenvalue weighted by Crippen LogP contribution is 2.38. The van der Waals surface area contributed by atoms with Crippen LogP contribution in [-0.2, 0) is 4.79 Å². The third kappa shape index (κ3) is 3.37. The summed E-state index contributed by atoms with van der Waals surface area (Å²) in [4.78, 5) is 12.9. The first kappa shape index (κ1) is 14.8. The number of hydrogen-bond donors (Lipinski definition) is 2. The Morgan fingerprint density at radius 3 is 2.44 bits per heavy atom. The lowest BCUT2D eigenvalue weighted by molar-refractivity contribution is -0.272. The van der Waals surface area contributed by atoms with Gasteiger partial charge in [-0.25, -0.2) is 0 Å². The molecule has 4 nitrogen and oxygen atoms in total. The minimum Gasteiger partial charge on any atom is -0.380 e. The van der Waals surface area contributed by atoms with Crippen LogP contribution in [0.3, 0.4) is 0 Å². The first-order valence-electron chi connectivity index (χ1n) is 5.51. The number of carbonyl (C=O) groups excluding carboxylic acids is 1. The van der Waals surface area contributed by atoms with Crippen LogP contribution in [0.5, 0.6) is 0 Å². The number of nitrogens with zero attached hydrogens (tertiary/aromatic N) is 1. The van der Waals surface area contributed by atoms with Crippen LogP contribution in [0.15, 0.2) is 0 Å². The number of amides is 1. The lowest BCUT2D eigenvalue weighted by Gasteiger charge is -2.39. The average molecular weight is 264 g/mol. The Labute approximate surface area is 103 Å². The Morgan fingerprint density at radius 1 is 1.44 bits per heavy atom. The predicted octanol–water partition coefficient (Wildman–Crippen LogP) is 0.125. The van der Waals surface area contributed by atoms with Crippen LogP contribution in [0.25, 0.3) is 0 Å². The lowest BCUT2D eigenvalue weighted by atomic mass is 9.91. The van der Waals surface area contributed by atoms with Crippen LogP contribution in [0, 0.1) is 12.3 Å². The minimum atomic E-state index is -4.65. The van der Waals surface area contributed by atoms with Crippen LogP contribution in [0.2, 0.25) is 0 Å². The van der Waals surface area contributed by atoms with Crippen LogP contribution in [0.1, 0.15) is 12.8 Å². The van der Waals surface area contributed by atoms with E-state index in [1.807, 2.05) is 0 Å². The highest BCUT2D eigenvalue weighted by molar-refractivity contribution is 5.78. The summed E-state index contributed by atoms with van der Waals surface area (Å²) in [5.41, 5.74) is -2.67. The number of halogens is 3. The molecular formula is C11H15F3N2O2. The van der Waals surface area contributed by atoms with Gasteiger partial charge in [0, 0.05) is 25.9 Å². The zero-order valence-electron chi connectivity index (χ0n) is 9.76. The summed E-state index contributed by atoms with van der Waals surface area (Å²) in [5, 5.41) is 12.1. The first-order chi connectivity index (χ1) is 8.30. The molecule has 1 aliphatic rings. The number of piperidine rings is 1. The zero-order valence-corrected chi connectivity index (χ0v) is 9.76. The molecule has 0 saturated carbocycles. The van der Waals surface area contributed by atoms with Crippen LogP contribution in [-0.4, -0.2) is 53.9 Å². The molecule has 0 aromatic heterocycles. The second kappa shape index (κ2) is 5.59. The number of rotatable bonds is 3. The van der Waals surface area contributed by atoms with Gasteiger partial charge < -0.3 is 10.0 Å². The molecule has 0 unspecified atom stereocenters. The molecule has 0 aromatic carbocycles. The van der Waals surface area contributed by atoms with Crippen molar-refractivity contribution < 1.29 is 23.1 Å². The van der Waals surface area contributed by atoms with Gasteiger partial charge in [0.1, 0.15) is 0 Å². The van der Waals surface area contributed by atoms with Gasteiger partial charge in [0.05, 0.1) is 13.1 Å². The van der Waals surface area contributed by atoms with Crippen molar-refractivity contribution in [1.82, 2.24) is 10.2 Å². The molecule has 0 bridgehead atoms. The van der Waals surface area contributed by atoms with Gasteiger partial charge in [-0.15, -0.1) is 6.42 Å². The molecule has 0 atom stereocenters. The lowest BCUT2D eigenvalue weighted by Crippen LogP contribution is -2.55. The average Bonchev–Trinajstić information content (AvgIpc) is 2.28. The van der Waals surface area contributed by atoms with Crippen molar-refractivity contribution in [2.45, 2.75) is 24.6 Å². The fraction of sp³-hybridized carbons (Fsp3) is 0.727. The molecule has 18 heavy (non-hydrogen) atoms. The molecule has 2 N–H and O–H groups in total. The number of terminal acetylenes is 1. The van der Waals surface area contributed by atoms with E-state index in [2.05, 4.69) is 11.2 Å². The summed E-state index contributed by atoms with van der Waals surface area (Å²) in [5.74, 6) is 1.98. The van der Waals surface area contributed by atoms with E-state index in [4.69, 9.17) is 6.42 Å². The van der Waals surface area contributed by atoms with Gasteiger partial charge >= 0.3 is 6.18 Å². The highest BCUT2D eigenvalue weighted by Gasteiger charge is 2.54. The Kier molecular flexibility index (Phi) is 4.59. The molecule has 1 amide bonds. The summed E-state index contributed by atoms with van der Waals surface area (Å²) < 4.78 is 37.5. The molecule has 0 aliphatic carbocycles. The second-order valence-electron chi connectivity index (χ2n) is 4.22. The Bertz CT molecular complexity index is 341. The summed E-state index contributed by atoms with van der Waals surface area (Å²) in [6, 6.07) is 0. The van der Waals surface area contributed by atoms with Crippen molar-refractivity contribution in [3.05, 3.63) is 0 Å². The van der Waals surface area contributed by atoms with Gasteiger partial charge in [-0.05, 0) is 0 Å². The van der Waals surface area contributed by atoms with Gasteiger partial charge in [0.15, 0.2) is 5.60 Å². The van der Waals surface area contributed by atoms with E-state index in [-0.39, 0.29) is 32.1 Å². The van der Waals surface area contributed by atoms with Crippen molar-refractivity contribution in [1.29, 1.82) is 0 Å². The van der Waals surface area contributed by atoms with Gasteiger partial charge in [-0.2, -0.15) is 13.2 Å². The van der Waals surface area contributed by atoms with Crippen LogP contribution in [0.4, 0.5) is 13.2 Å². The molecule has 7 heteroatoms. The van der Waals surface area contributed by atoms with E-state index in [0.717, 1.165) is 0 Å². The Balaban J connectivity index is 2.44. The maximum atomic E-state index is 12.5. The molecule has 1 aliphatic heterocycles. The first-order valence-corrected chi connectivity index (χ1v) is 5.51. The second-order valence-corrected chi connectivity index (χ2v) is 4.22. The number of hydrogen-bond acceptors (Lipinski definition) is 3. The quantitative estimate of drug-likeness (QED) is 0.562. The fourth-order valence-electron chi connectivity index (χ4n) is 1.76. The van der Waals surface area contributed by atoms with Gasteiger partial charge in [-0.1, -0.05) is 5.92 Å². The summed E-state index contributed by atoms with van der Waals surface area (Å²) in [6.07, 6.45) is -0.645. The Morgan fingerprint density at radius 2 is 2.00 bits per heavy atom. The maximum absolute atomic E-state index is 12.5. The largest absolute Gasteiger partial charge is 0.417 e. The van der Waals surface area contributed by atoms with E-state index in [0.29, 0.717) is 0 Å². The van der Waals surface area contributed by atoms with E-state index in [9.17, 15) is 23.1 Å². The highest BCUT2D eigenvalue weighted by atomic mass is 19.4. The fourth-order valence-corrected chi connectivity index (χ4v) is 1.76. The van der Waals surface area contributed by atoms with Crippen molar-refractivity contribution in [3.63, 3.8) is 0 Å². The minimum absolute atomic E-state index is 0.00531. The molecule has 1 heterocycles. The number of aliphatic hydroxyl groups is 1. The normalized spacial score (nSPS) is 19.4. The van der Waals surface area contributed by atoms with Crippen LogP contribution >= 0.6 is 0 Å². The van der Waals surface area contributed by atoms with Crippen molar-refractivity contribution in [2.24, 2.45) is 0 Å². The van der Waals surface area contributed by atoms with Gasteiger partial charge in [-0.3, -0.25) is 10.1 Å². The predicted molar refractivity (Wildman–Crippen MR) is 58.5 cm³/mol. The SMILES string of the molecule is C#CCNCC(=O)N1CCC(O)(C(F)(F)F)CC1. The summed E-state index contributed by atoms with van der Waals surface area (Å²) >= 11 is 0. The molecule has 0 spiro atoms.